The van der Waals surface area contributed by atoms with Gasteiger partial charge < -0.3 is 23.8 Å². The van der Waals surface area contributed by atoms with Crippen molar-refractivity contribution in [3.63, 3.8) is 0 Å². The number of anilines is 4. The Hall–Kier alpha value is -8.96. The van der Waals surface area contributed by atoms with Crippen molar-refractivity contribution >= 4 is 44.6 Å². The minimum Gasteiger partial charge on any atom is -0.509 e. The van der Waals surface area contributed by atoms with Crippen LogP contribution in [-0.4, -0.2) is 9.55 Å². The molecule has 0 radical (unpaired) electrons. The van der Waals surface area contributed by atoms with Gasteiger partial charge in [-0.2, -0.15) is 12.1 Å². The standard InChI is InChI=1S/C78H67N4O2.Pt/c1-76(2,3)56-43-55(44-57(45-56)77(4,5)6)68-47-58(78(7,8)9)46-67(54-29-17-12-18-30-54)75(68)84-62-41-42-79-73(50-62)82-69-36-20-19-33-65(69)66-40-39-61(49-72(66)82)83-60-32-23-31-59(48-60)80-51-81(71-38-22-21-37-70(71)80)74-63(52-25-13-10-14-26-52)34-24-35-64(74)53-27-15-11-16-28-53;/h10-47,50-51H,1-9H3;/q-3;/i12D,17D,18D,29D,30D;. The summed E-state index contributed by atoms with van der Waals surface area (Å²) in [5, 5.41) is 1.92. The number of fused-ring (bicyclic) bond motifs is 4. The predicted octanol–water partition coefficient (Wildman–Crippen LogP) is 21.3. The summed E-state index contributed by atoms with van der Waals surface area (Å²) < 4.78 is 61.2. The molecule has 10 aromatic carbocycles. The van der Waals surface area contributed by atoms with E-state index in [4.69, 9.17) is 18.6 Å². The fraction of sp³-hybridized carbons (Fsp3) is 0.154. The Balaban J connectivity index is 0.00000785. The van der Waals surface area contributed by atoms with Crippen LogP contribution < -0.4 is 19.3 Å². The molecule has 0 fully saturated rings. The van der Waals surface area contributed by atoms with Crippen molar-refractivity contribution in [1.82, 2.24) is 9.55 Å². The Morgan fingerprint density at radius 1 is 0.459 bits per heavy atom. The van der Waals surface area contributed by atoms with Crippen molar-refractivity contribution in [3.8, 4) is 73.3 Å². The average molecular weight is 1290 g/mol. The van der Waals surface area contributed by atoms with Gasteiger partial charge in [0.2, 0.25) is 0 Å². The first kappa shape index (κ1) is 50.5. The summed E-state index contributed by atoms with van der Waals surface area (Å²) in [7, 11) is 0. The smallest absolute Gasteiger partial charge is 0.143 e. The molecule has 12 aromatic rings. The number of rotatable bonds is 11. The average Bonchev–Trinajstić information content (AvgIpc) is 1.42. The molecule has 0 amide bonds. The number of pyridine rings is 1. The van der Waals surface area contributed by atoms with Gasteiger partial charge in [-0.05, 0) is 97.0 Å². The fourth-order valence-corrected chi connectivity index (χ4v) is 11.2. The first-order valence-electron chi connectivity index (χ1n) is 31.1. The van der Waals surface area contributed by atoms with Crippen molar-refractivity contribution in [2.24, 2.45) is 0 Å². The van der Waals surface area contributed by atoms with E-state index in [1.807, 2.05) is 66.7 Å². The maximum atomic E-state index is 9.37. The summed E-state index contributed by atoms with van der Waals surface area (Å²) in [6.45, 7) is 21.7. The number of ether oxygens (including phenoxy) is 2. The zero-order valence-electron chi connectivity index (χ0n) is 54.1. The molecule has 424 valence electrons. The van der Waals surface area contributed by atoms with Crippen LogP contribution in [0.2, 0.25) is 0 Å². The van der Waals surface area contributed by atoms with E-state index in [2.05, 4.69) is 223 Å². The number of hydrogen-bond donors (Lipinski definition) is 0. The van der Waals surface area contributed by atoms with Crippen molar-refractivity contribution in [3.05, 3.63) is 272 Å². The molecule has 0 saturated carbocycles. The number of aromatic nitrogens is 2. The molecule has 0 aliphatic carbocycles. The monoisotopic (exact) mass is 1290 g/mol. The van der Waals surface area contributed by atoms with Crippen LogP contribution in [0, 0.1) is 18.8 Å². The summed E-state index contributed by atoms with van der Waals surface area (Å²) in [6, 6.07) is 73.7. The van der Waals surface area contributed by atoms with Gasteiger partial charge in [-0.1, -0.05) is 225 Å². The quantitative estimate of drug-likeness (QED) is 0.121. The van der Waals surface area contributed by atoms with Crippen LogP contribution in [-0.2, 0) is 37.3 Å². The van der Waals surface area contributed by atoms with Gasteiger partial charge in [-0.3, -0.25) is 0 Å². The zero-order chi connectivity index (χ0) is 62.3. The Bertz CT molecular complexity index is 4620. The van der Waals surface area contributed by atoms with E-state index in [1.54, 1.807) is 12.3 Å². The molecule has 13 rings (SSSR count). The summed E-state index contributed by atoms with van der Waals surface area (Å²) in [5.74, 6) is 2.27. The summed E-state index contributed by atoms with van der Waals surface area (Å²) in [5.41, 5.74) is 14.2. The number of hydrogen-bond acceptors (Lipinski definition) is 5. The van der Waals surface area contributed by atoms with Crippen molar-refractivity contribution in [2.75, 3.05) is 9.80 Å². The molecule has 7 heteroatoms. The van der Waals surface area contributed by atoms with Crippen molar-refractivity contribution in [1.29, 1.82) is 0 Å². The van der Waals surface area contributed by atoms with Crippen molar-refractivity contribution in [2.45, 2.75) is 78.6 Å². The largest absolute Gasteiger partial charge is 0.509 e. The summed E-state index contributed by atoms with van der Waals surface area (Å²) in [4.78, 5) is 9.44. The topological polar surface area (TPSA) is 42.8 Å². The second-order valence-electron chi connectivity index (χ2n) is 24.6. The molecule has 0 unspecified atom stereocenters. The van der Waals surface area contributed by atoms with Crippen LogP contribution in [0.5, 0.6) is 23.0 Å². The minimum atomic E-state index is -0.466. The number of nitrogens with zero attached hydrogens (tertiary/aromatic N) is 4. The van der Waals surface area contributed by atoms with E-state index in [0.29, 0.717) is 34.4 Å². The Labute approximate surface area is 522 Å². The van der Waals surface area contributed by atoms with E-state index in [1.165, 1.54) is 0 Å². The minimum absolute atomic E-state index is 0. The zero-order valence-corrected chi connectivity index (χ0v) is 51.4. The van der Waals surface area contributed by atoms with Crippen LogP contribution in [0.4, 0.5) is 22.7 Å². The SMILES string of the molecule is [2H]c1c([2H])c([2H])c(-c2cc(C(C)(C)C)cc(-c3cc(C(C)(C)C)cc(C(C)(C)C)c3)c2Oc2ccnc(-n3c4[c-]c(Oc5[c-]c(N6[CH-]N(c7c(-c8ccccc8)cccc7-c7ccccc7)c7ccccc76)ccc5)ccc4c4ccccc43)c2)c([2H])c1[2H].[Pt]. The van der Waals surface area contributed by atoms with Gasteiger partial charge in [0.25, 0.3) is 0 Å². The van der Waals surface area contributed by atoms with Crippen LogP contribution in [0.15, 0.2) is 237 Å². The number of para-hydroxylation sites is 4. The van der Waals surface area contributed by atoms with Crippen LogP contribution in [0.1, 0.15) is 85.9 Å². The fourth-order valence-electron chi connectivity index (χ4n) is 11.2. The van der Waals surface area contributed by atoms with E-state index >= 15 is 0 Å². The number of benzene rings is 10. The summed E-state index contributed by atoms with van der Waals surface area (Å²) in [6.07, 6.45) is 1.70. The first-order chi connectivity index (χ1) is 42.6. The van der Waals surface area contributed by atoms with Gasteiger partial charge in [0.05, 0.1) is 6.85 Å². The van der Waals surface area contributed by atoms with Gasteiger partial charge in [-0.15, -0.1) is 48.1 Å². The van der Waals surface area contributed by atoms with Gasteiger partial charge in [0.1, 0.15) is 17.3 Å². The molecular weight excluding hydrogens is 1220 g/mol. The maximum Gasteiger partial charge on any atom is 0.143 e. The van der Waals surface area contributed by atoms with E-state index in [-0.39, 0.29) is 49.5 Å². The Morgan fingerprint density at radius 3 is 1.67 bits per heavy atom. The Morgan fingerprint density at radius 2 is 1.02 bits per heavy atom. The van der Waals surface area contributed by atoms with E-state index in [0.717, 1.165) is 94.6 Å². The van der Waals surface area contributed by atoms with Crippen LogP contribution in [0.3, 0.4) is 0 Å². The van der Waals surface area contributed by atoms with Gasteiger partial charge >= 0.3 is 0 Å². The maximum absolute atomic E-state index is 9.37. The predicted molar refractivity (Wildman–Crippen MR) is 349 cm³/mol. The molecule has 6 nitrogen and oxygen atoms in total. The van der Waals surface area contributed by atoms with E-state index in [9.17, 15) is 2.74 Å². The molecule has 0 bridgehead atoms. The molecule has 3 heterocycles. The molecule has 0 atom stereocenters. The molecular formula is C78H67N4O2Pt-3. The van der Waals surface area contributed by atoms with Gasteiger partial charge in [-0.25, -0.2) is 4.98 Å². The van der Waals surface area contributed by atoms with Crippen LogP contribution in [0.25, 0.3) is 72.1 Å². The molecule has 2 aromatic heterocycles. The molecule has 0 N–H and O–H groups in total. The normalized spacial score (nSPS) is 13.4. The molecule has 1 aliphatic rings. The Kier molecular flexibility index (Phi) is 13.4. The molecule has 0 saturated heterocycles. The second-order valence-corrected chi connectivity index (χ2v) is 24.6. The second kappa shape index (κ2) is 22.6. The summed E-state index contributed by atoms with van der Waals surface area (Å²) >= 11 is 0. The third-order valence-electron chi connectivity index (χ3n) is 15.7. The molecule has 1 aliphatic heterocycles. The van der Waals surface area contributed by atoms with Gasteiger partial charge in [0.15, 0.2) is 0 Å². The molecule has 0 spiro atoms. The third-order valence-corrected chi connectivity index (χ3v) is 15.7. The van der Waals surface area contributed by atoms with E-state index < -0.39 is 23.5 Å². The van der Waals surface area contributed by atoms with Gasteiger partial charge in [0, 0.05) is 89.7 Å². The van der Waals surface area contributed by atoms with Crippen LogP contribution >= 0.6 is 0 Å². The van der Waals surface area contributed by atoms with Crippen molar-refractivity contribution < 1.29 is 37.4 Å². The third kappa shape index (κ3) is 11.1. The molecule has 85 heavy (non-hydrogen) atoms. The first-order valence-corrected chi connectivity index (χ1v) is 28.6.